The Kier molecular flexibility index (Phi) is 6.97. The van der Waals surface area contributed by atoms with Crippen molar-refractivity contribution in [2.75, 3.05) is 19.5 Å². The highest BCUT2D eigenvalue weighted by Crippen LogP contribution is 2.17. The minimum atomic E-state index is -0.504. The van der Waals surface area contributed by atoms with E-state index in [0.29, 0.717) is 5.75 Å². The molecule has 8 heteroatoms. The van der Waals surface area contributed by atoms with Crippen molar-refractivity contribution >= 4 is 23.4 Å². The normalized spacial score (nSPS) is 13.3. The first-order valence-electron chi connectivity index (χ1n) is 6.28. The Labute approximate surface area is 126 Å². The van der Waals surface area contributed by atoms with Crippen LogP contribution in [-0.2, 0) is 4.79 Å². The molecule has 1 aromatic carbocycles. The summed E-state index contributed by atoms with van der Waals surface area (Å²) in [6.07, 6.45) is 1.86. The molecule has 1 rings (SSSR count). The van der Waals surface area contributed by atoms with Crippen LogP contribution in [0.2, 0.25) is 0 Å². The first kappa shape index (κ1) is 17.3. The lowest BCUT2D eigenvalue weighted by molar-refractivity contribution is -0.384. The van der Waals surface area contributed by atoms with Crippen molar-refractivity contribution in [2.24, 2.45) is 0 Å². The first-order chi connectivity index (χ1) is 9.97. The second-order valence-corrected chi connectivity index (χ2v) is 5.43. The molecule has 0 spiro atoms. The zero-order valence-corrected chi connectivity index (χ0v) is 12.6. The summed E-state index contributed by atoms with van der Waals surface area (Å²) < 4.78 is 5.25. The van der Waals surface area contributed by atoms with E-state index in [1.807, 2.05) is 6.26 Å². The fraction of sp³-hybridized carbons (Fsp3) is 0.462. The molecular weight excluding hydrogens is 296 g/mol. The molecule has 0 radical (unpaired) electrons. The van der Waals surface area contributed by atoms with Crippen LogP contribution in [0, 0.1) is 10.1 Å². The Bertz CT molecular complexity index is 476. The monoisotopic (exact) mass is 314 g/mol. The second-order valence-electron chi connectivity index (χ2n) is 4.35. The Morgan fingerprint density at radius 1 is 1.48 bits per heavy atom. The molecule has 0 aromatic heterocycles. The van der Waals surface area contributed by atoms with Crippen LogP contribution in [0.3, 0.4) is 0 Å². The van der Waals surface area contributed by atoms with Gasteiger partial charge in [0.05, 0.1) is 11.5 Å². The molecule has 0 aliphatic rings. The molecule has 0 aliphatic carbocycles. The summed E-state index contributed by atoms with van der Waals surface area (Å²) in [4.78, 5) is 21.7. The number of carbonyl (C=O) groups excluding carboxylic acids is 1. The number of hydrogen-bond acceptors (Lipinski definition) is 6. The van der Waals surface area contributed by atoms with Crippen molar-refractivity contribution in [1.29, 1.82) is 0 Å². The van der Waals surface area contributed by atoms with Crippen LogP contribution in [0.1, 0.15) is 6.92 Å². The molecule has 2 N–H and O–H groups in total. The maximum atomic E-state index is 11.7. The van der Waals surface area contributed by atoms with E-state index in [4.69, 9.17) is 9.84 Å². The first-order valence-corrected chi connectivity index (χ1v) is 7.57. The number of carbonyl (C=O) groups is 1. The van der Waals surface area contributed by atoms with E-state index in [2.05, 4.69) is 5.32 Å². The summed E-state index contributed by atoms with van der Waals surface area (Å²) in [5.41, 5.74) is -0.0359. The van der Waals surface area contributed by atoms with Crippen LogP contribution < -0.4 is 10.1 Å². The minimum absolute atomic E-state index is 0.0220. The van der Waals surface area contributed by atoms with Gasteiger partial charge < -0.3 is 15.2 Å². The summed E-state index contributed by atoms with van der Waals surface area (Å²) in [5.74, 6) is 0.0698. The highest BCUT2D eigenvalue weighted by Gasteiger charge is 2.17. The molecule has 21 heavy (non-hydrogen) atoms. The fourth-order valence-electron chi connectivity index (χ4n) is 1.64. The predicted molar refractivity (Wildman–Crippen MR) is 80.6 cm³/mol. The molecule has 0 saturated heterocycles. The lowest BCUT2D eigenvalue weighted by atomic mass is 10.2. The molecule has 2 atom stereocenters. The van der Waals surface area contributed by atoms with Gasteiger partial charge in [-0.15, -0.1) is 0 Å². The SMILES string of the molecule is CSC(CO)C(C)NC(=O)COc1ccc([N+](=O)[O-])cc1. The van der Waals surface area contributed by atoms with Gasteiger partial charge in [-0.2, -0.15) is 11.8 Å². The number of nitro groups is 1. The van der Waals surface area contributed by atoms with E-state index in [1.165, 1.54) is 36.0 Å². The zero-order chi connectivity index (χ0) is 15.8. The highest BCUT2D eigenvalue weighted by atomic mass is 32.2. The van der Waals surface area contributed by atoms with Crippen molar-refractivity contribution in [3.63, 3.8) is 0 Å². The maximum absolute atomic E-state index is 11.7. The van der Waals surface area contributed by atoms with Gasteiger partial charge in [-0.3, -0.25) is 14.9 Å². The molecule has 116 valence electrons. The number of nitrogens with zero attached hydrogens (tertiary/aromatic N) is 1. The quantitative estimate of drug-likeness (QED) is 0.552. The average Bonchev–Trinajstić information content (AvgIpc) is 2.46. The number of thioether (sulfide) groups is 1. The lowest BCUT2D eigenvalue weighted by Crippen LogP contribution is -2.43. The van der Waals surface area contributed by atoms with Crippen LogP contribution >= 0.6 is 11.8 Å². The molecule has 1 aromatic rings. The second kappa shape index (κ2) is 8.48. The van der Waals surface area contributed by atoms with Crippen molar-refractivity contribution in [1.82, 2.24) is 5.32 Å². The van der Waals surface area contributed by atoms with Gasteiger partial charge in [-0.1, -0.05) is 0 Å². The summed E-state index contributed by atoms with van der Waals surface area (Å²) >= 11 is 1.47. The third-order valence-electron chi connectivity index (χ3n) is 2.85. The lowest BCUT2D eigenvalue weighted by Gasteiger charge is -2.21. The Balaban J connectivity index is 2.44. The molecule has 0 aliphatic heterocycles. The van der Waals surface area contributed by atoms with E-state index in [9.17, 15) is 14.9 Å². The fourth-order valence-corrected chi connectivity index (χ4v) is 2.26. The summed E-state index contributed by atoms with van der Waals surface area (Å²) in [7, 11) is 0. The zero-order valence-electron chi connectivity index (χ0n) is 11.8. The number of benzene rings is 1. The van der Waals surface area contributed by atoms with Gasteiger partial charge in [0.1, 0.15) is 5.75 Å². The third-order valence-corrected chi connectivity index (χ3v) is 4.01. The van der Waals surface area contributed by atoms with Crippen LogP contribution in [0.4, 0.5) is 5.69 Å². The number of nitrogens with one attached hydrogen (secondary N) is 1. The number of aliphatic hydroxyl groups excluding tert-OH is 1. The van der Waals surface area contributed by atoms with Crippen LogP contribution in [0.25, 0.3) is 0 Å². The number of non-ortho nitro benzene ring substituents is 1. The van der Waals surface area contributed by atoms with Gasteiger partial charge in [-0.25, -0.2) is 0 Å². The van der Waals surface area contributed by atoms with Crippen molar-refractivity contribution < 1.29 is 19.6 Å². The van der Waals surface area contributed by atoms with Crippen LogP contribution in [-0.4, -0.2) is 46.7 Å². The van der Waals surface area contributed by atoms with Gasteiger partial charge in [-0.05, 0) is 25.3 Å². The summed E-state index contributed by atoms with van der Waals surface area (Å²) in [5, 5.41) is 22.3. The maximum Gasteiger partial charge on any atom is 0.269 e. The van der Waals surface area contributed by atoms with Gasteiger partial charge in [0.2, 0.25) is 0 Å². The minimum Gasteiger partial charge on any atom is -0.484 e. The Hall–Kier alpha value is -1.80. The molecule has 0 heterocycles. The van der Waals surface area contributed by atoms with Gasteiger partial charge >= 0.3 is 0 Å². The number of rotatable bonds is 8. The van der Waals surface area contributed by atoms with Crippen molar-refractivity contribution in [2.45, 2.75) is 18.2 Å². The van der Waals surface area contributed by atoms with Gasteiger partial charge in [0.15, 0.2) is 6.61 Å². The molecule has 7 nitrogen and oxygen atoms in total. The number of nitro benzene ring substituents is 1. The summed E-state index contributed by atoms with van der Waals surface area (Å²) in [6, 6.07) is 5.31. The Morgan fingerprint density at radius 2 is 2.10 bits per heavy atom. The van der Waals surface area contributed by atoms with E-state index in [1.54, 1.807) is 6.92 Å². The molecule has 1 amide bonds. The molecule has 0 fully saturated rings. The van der Waals surface area contributed by atoms with Crippen molar-refractivity contribution in [3.8, 4) is 5.75 Å². The predicted octanol–water partition coefficient (Wildman–Crippen LogP) is 1.20. The smallest absolute Gasteiger partial charge is 0.269 e. The Morgan fingerprint density at radius 3 is 2.57 bits per heavy atom. The average molecular weight is 314 g/mol. The molecule has 0 bridgehead atoms. The van der Waals surface area contributed by atoms with Crippen LogP contribution in [0.5, 0.6) is 5.75 Å². The molecular formula is C13H18N2O5S. The third kappa shape index (κ3) is 5.60. The van der Waals surface area contributed by atoms with E-state index in [-0.39, 0.29) is 36.1 Å². The summed E-state index contributed by atoms with van der Waals surface area (Å²) in [6.45, 7) is 1.60. The largest absolute Gasteiger partial charge is 0.484 e. The topological polar surface area (TPSA) is 102 Å². The highest BCUT2D eigenvalue weighted by molar-refractivity contribution is 7.99. The number of aliphatic hydroxyl groups is 1. The number of hydrogen-bond donors (Lipinski definition) is 2. The molecule has 2 unspecified atom stereocenters. The van der Waals surface area contributed by atoms with Crippen LogP contribution in [0.15, 0.2) is 24.3 Å². The number of amides is 1. The molecule has 0 saturated carbocycles. The standard InChI is InChI=1S/C13H18N2O5S/c1-9(12(7-16)21-2)14-13(17)8-20-11-5-3-10(4-6-11)15(18)19/h3-6,9,12,16H,7-8H2,1-2H3,(H,14,17). The van der Waals surface area contributed by atoms with Crippen molar-refractivity contribution in [3.05, 3.63) is 34.4 Å². The van der Waals surface area contributed by atoms with Gasteiger partial charge in [0.25, 0.3) is 11.6 Å². The number of ether oxygens (including phenoxy) is 1. The van der Waals surface area contributed by atoms with E-state index < -0.39 is 4.92 Å². The van der Waals surface area contributed by atoms with Gasteiger partial charge in [0, 0.05) is 23.4 Å². The van der Waals surface area contributed by atoms with E-state index in [0.717, 1.165) is 0 Å². The van der Waals surface area contributed by atoms with E-state index >= 15 is 0 Å².